The van der Waals surface area contributed by atoms with Crippen molar-refractivity contribution >= 4 is 15.9 Å². The third kappa shape index (κ3) is 2.43. The van der Waals surface area contributed by atoms with Gasteiger partial charge in [-0.25, -0.2) is 0 Å². The number of halogens is 1. The maximum Gasteiger partial charge on any atom is 0.161 e. The van der Waals surface area contributed by atoms with E-state index in [9.17, 15) is 5.11 Å². The quantitative estimate of drug-likeness (QED) is 0.882. The van der Waals surface area contributed by atoms with Gasteiger partial charge in [0.15, 0.2) is 11.5 Å². The topological polar surface area (TPSA) is 41.5 Å². The van der Waals surface area contributed by atoms with Gasteiger partial charge >= 0.3 is 0 Å². The summed E-state index contributed by atoms with van der Waals surface area (Å²) in [5, 5.41) is 13.6. The molecule has 2 N–H and O–H groups in total. The Balaban J connectivity index is 2.46. The van der Waals surface area contributed by atoms with E-state index >= 15 is 0 Å². The molecule has 1 aromatic carbocycles. The summed E-state index contributed by atoms with van der Waals surface area (Å²) >= 11 is 3.53. The number of nitrogens with one attached hydrogen (secondary N) is 1. The van der Waals surface area contributed by atoms with Gasteiger partial charge in [-0.2, -0.15) is 0 Å². The van der Waals surface area contributed by atoms with Crippen LogP contribution < -0.4 is 10.1 Å². The fraction of sp³-hybridized carbons (Fsp3) is 0.538. The summed E-state index contributed by atoms with van der Waals surface area (Å²) in [5.74, 6) is 1.28. The molecule has 0 aromatic heterocycles. The van der Waals surface area contributed by atoms with Gasteiger partial charge in [-0.1, -0.05) is 15.9 Å². The number of benzene rings is 1. The van der Waals surface area contributed by atoms with Crippen molar-refractivity contribution in [3.05, 3.63) is 21.7 Å². The van der Waals surface area contributed by atoms with Gasteiger partial charge in [0.2, 0.25) is 0 Å². The first kappa shape index (κ1) is 12.7. The van der Waals surface area contributed by atoms with E-state index in [1.54, 1.807) is 7.11 Å². The molecule has 0 aliphatic carbocycles. The molecule has 0 bridgehead atoms. The third-order valence-electron chi connectivity index (χ3n) is 3.48. The number of aromatic hydroxyl groups is 1. The molecule has 0 radical (unpaired) electrons. The van der Waals surface area contributed by atoms with Gasteiger partial charge in [0.1, 0.15) is 0 Å². The van der Waals surface area contributed by atoms with E-state index in [1.165, 1.54) is 0 Å². The molecule has 94 valence electrons. The Morgan fingerprint density at radius 1 is 1.41 bits per heavy atom. The molecule has 0 atom stereocenters. The first-order chi connectivity index (χ1) is 8.15. The summed E-state index contributed by atoms with van der Waals surface area (Å²) in [7, 11) is 1.59. The van der Waals surface area contributed by atoms with Crippen LogP contribution in [0, 0.1) is 6.92 Å². The highest BCUT2D eigenvalue weighted by molar-refractivity contribution is 9.10. The van der Waals surface area contributed by atoms with Crippen molar-refractivity contribution in [2.24, 2.45) is 0 Å². The van der Waals surface area contributed by atoms with Crippen LogP contribution in [0.4, 0.5) is 0 Å². The molecule has 17 heavy (non-hydrogen) atoms. The Morgan fingerprint density at radius 2 is 2.06 bits per heavy atom. The molecule has 2 rings (SSSR count). The number of hydrogen-bond acceptors (Lipinski definition) is 3. The second-order valence-electron chi connectivity index (χ2n) is 4.47. The first-order valence-electron chi connectivity index (χ1n) is 5.91. The minimum atomic E-state index is 0.306. The summed E-state index contributed by atoms with van der Waals surface area (Å²) in [6.45, 7) is 4.07. The van der Waals surface area contributed by atoms with E-state index in [2.05, 4.69) is 21.2 Å². The summed E-state index contributed by atoms with van der Waals surface area (Å²) in [6.07, 6.45) is 2.13. The third-order valence-corrected chi connectivity index (χ3v) is 4.30. The Morgan fingerprint density at radius 3 is 2.65 bits per heavy atom. The average molecular weight is 300 g/mol. The Labute approximate surface area is 110 Å². The van der Waals surface area contributed by atoms with Crippen LogP contribution in [0.2, 0.25) is 0 Å². The van der Waals surface area contributed by atoms with E-state index in [0.29, 0.717) is 17.4 Å². The van der Waals surface area contributed by atoms with Gasteiger partial charge in [-0.15, -0.1) is 0 Å². The number of hydrogen-bond donors (Lipinski definition) is 2. The van der Waals surface area contributed by atoms with Crippen LogP contribution in [-0.4, -0.2) is 25.3 Å². The molecule has 1 saturated heterocycles. The maximum atomic E-state index is 10.3. The SMILES string of the molecule is COc1cc(Br)c(C)c(C2CCNCC2)c1O. The average Bonchev–Trinajstić information content (AvgIpc) is 2.35. The summed E-state index contributed by atoms with van der Waals surface area (Å²) in [4.78, 5) is 0. The lowest BCUT2D eigenvalue weighted by molar-refractivity contribution is 0.361. The van der Waals surface area contributed by atoms with E-state index < -0.39 is 0 Å². The number of phenolic OH excluding ortho intramolecular Hbond substituents is 1. The van der Waals surface area contributed by atoms with Crippen LogP contribution in [0.15, 0.2) is 10.5 Å². The van der Waals surface area contributed by atoms with Gasteiger partial charge in [0.25, 0.3) is 0 Å². The smallest absolute Gasteiger partial charge is 0.161 e. The zero-order valence-electron chi connectivity index (χ0n) is 10.2. The molecule has 1 fully saturated rings. The largest absolute Gasteiger partial charge is 0.504 e. The molecule has 0 unspecified atom stereocenters. The monoisotopic (exact) mass is 299 g/mol. The Bertz CT molecular complexity index is 414. The van der Waals surface area contributed by atoms with Crippen LogP contribution in [-0.2, 0) is 0 Å². The Kier molecular flexibility index (Phi) is 3.94. The fourth-order valence-electron chi connectivity index (χ4n) is 2.50. The van der Waals surface area contributed by atoms with Gasteiger partial charge < -0.3 is 15.2 Å². The first-order valence-corrected chi connectivity index (χ1v) is 6.71. The lowest BCUT2D eigenvalue weighted by Gasteiger charge is -2.26. The number of piperidine rings is 1. The van der Waals surface area contributed by atoms with E-state index in [-0.39, 0.29) is 0 Å². The zero-order valence-corrected chi connectivity index (χ0v) is 11.8. The molecule has 0 amide bonds. The number of rotatable bonds is 2. The highest BCUT2D eigenvalue weighted by Gasteiger charge is 2.23. The minimum Gasteiger partial charge on any atom is -0.504 e. The molecular weight excluding hydrogens is 282 g/mol. The molecule has 1 aliphatic heterocycles. The number of ether oxygens (including phenoxy) is 1. The van der Waals surface area contributed by atoms with Crippen LogP contribution in [0.3, 0.4) is 0 Å². The molecule has 4 heteroatoms. The van der Waals surface area contributed by atoms with Gasteiger partial charge in [0, 0.05) is 10.0 Å². The number of methoxy groups -OCH3 is 1. The highest BCUT2D eigenvalue weighted by Crippen LogP contribution is 2.43. The summed E-state index contributed by atoms with van der Waals surface area (Å²) in [6, 6.07) is 1.83. The van der Waals surface area contributed by atoms with Crippen molar-refractivity contribution in [2.45, 2.75) is 25.7 Å². The predicted molar refractivity (Wildman–Crippen MR) is 71.9 cm³/mol. The highest BCUT2D eigenvalue weighted by atomic mass is 79.9. The van der Waals surface area contributed by atoms with Crippen molar-refractivity contribution in [1.82, 2.24) is 5.32 Å². The van der Waals surface area contributed by atoms with E-state index in [0.717, 1.165) is 41.5 Å². The van der Waals surface area contributed by atoms with Crippen LogP contribution >= 0.6 is 15.9 Å². The summed E-state index contributed by atoms with van der Waals surface area (Å²) in [5.41, 5.74) is 2.16. The second kappa shape index (κ2) is 5.27. The van der Waals surface area contributed by atoms with E-state index in [1.807, 2.05) is 13.0 Å². The molecule has 0 spiro atoms. The van der Waals surface area contributed by atoms with Crippen molar-refractivity contribution in [3.8, 4) is 11.5 Å². The lowest BCUT2D eigenvalue weighted by atomic mass is 9.86. The molecule has 0 saturated carbocycles. The fourth-order valence-corrected chi connectivity index (χ4v) is 2.92. The van der Waals surface area contributed by atoms with Crippen molar-refractivity contribution in [2.75, 3.05) is 20.2 Å². The molecule has 1 aliphatic rings. The van der Waals surface area contributed by atoms with Crippen LogP contribution in [0.25, 0.3) is 0 Å². The molecule has 3 nitrogen and oxygen atoms in total. The van der Waals surface area contributed by atoms with Crippen molar-refractivity contribution in [1.29, 1.82) is 0 Å². The van der Waals surface area contributed by atoms with Gasteiger partial charge in [0.05, 0.1) is 7.11 Å². The number of phenols is 1. The van der Waals surface area contributed by atoms with Crippen molar-refractivity contribution < 1.29 is 9.84 Å². The molecule has 1 heterocycles. The normalized spacial score (nSPS) is 17.1. The molecular formula is C13H18BrNO2. The lowest BCUT2D eigenvalue weighted by Crippen LogP contribution is -2.27. The summed E-state index contributed by atoms with van der Waals surface area (Å²) < 4.78 is 6.22. The van der Waals surface area contributed by atoms with Gasteiger partial charge in [-0.05, 0) is 50.4 Å². The van der Waals surface area contributed by atoms with Crippen molar-refractivity contribution in [3.63, 3.8) is 0 Å². The van der Waals surface area contributed by atoms with Crippen LogP contribution in [0.5, 0.6) is 11.5 Å². The predicted octanol–water partition coefficient (Wildman–Crippen LogP) is 2.94. The molecule has 1 aromatic rings. The van der Waals surface area contributed by atoms with Crippen LogP contribution in [0.1, 0.15) is 29.9 Å². The standard InChI is InChI=1S/C13H18BrNO2/c1-8-10(14)7-11(17-2)13(16)12(8)9-3-5-15-6-4-9/h7,9,15-16H,3-6H2,1-2H3. The Hall–Kier alpha value is -0.740. The second-order valence-corrected chi connectivity index (χ2v) is 5.33. The van der Waals surface area contributed by atoms with E-state index in [4.69, 9.17) is 4.74 Å². The van der Waals surface area contributed by atoms with Gasteiger partial charge in [-0.3, -0.25) is 0 Å². The zero-order chi connectivity index (χ0) is 12.4. The minimum absolute atomic E-state index is 0.306. The maximum absolute atomic E-state index is 10.3.